The van der Waals surface area contributed by atoms with Crippen LogP contribution in [0.5, 0.6) is 5.75 Å². The van der Waals surface area contributed by atoms with Gasteiger partial charge in [0.05, 0.1) is 0 Å². The Morgan fingerprint density at radius 3 is 2.40 bits per heavy atom. The first kappa shape index (κ1) is 14.9. The van der Waals surface area contributed by atoms with Crippen LogP contribution in [0.25, 0.3) is 0 Å². The first-order valence-corrected chi connectivity index (χ1v) is 7.30. The molecule has 0 spiro atoms. The van der Waals surface area contributed by atoms with Crippen molar-refractivity contribution >= 4 is 11.6 Å². The monoisotopic (exact) mass is 289 g/mol. The van der Waals surface area contributed by atoms with E-state index >= 15 is 0 Å². The third-order valence-electron chi connectivity index (χ3n) is 3.30. The largest absolute Gasteiger partial charge is 0.489 e. The third-order valence-corrected chi connectivity index (χ3v) is 3.65. The molecule has 0 bridgehead atoms. The molecule has 2 rings (SSSR count). The molecule has 0 atom stereocenters. The molecule has 0 saturated heterocycles. The summed E-state index contributed by atoms with van der Waals surface area (Å²) in [4.78, 5) is 0. The number of halogens is 1. The summed E-state index contributed by atoms with van der Waals surface area (Å²) < 4.78 is 5.89. The summed E-state index contributed by atoms with van der Waals surface area (Å²) in [6, 6.07) is 14.2. The van der Waals surface area contributed by atoms with Crippen LogP contribution < -0.4 is 10.5 Å². The van der Waals surface area contributed by atoms with Gasteiger partial charge in [-0.15, -0.1) is 0 Å². The summed E-state index contributed by atoms with van der Waals surface area (Å²) in [6.07, 6.45) is 1.78. The van der Waals surface area contributed by atoms with Crippen molar-refractivity contribution < 1.29 is 4.74 Å². The second-order valence-corrected chi connectivity index (χ2v) is 5.12. The summed E-state index contributed by atoms with van der Waals surface area (Å²) in [7, 11) is 0. The summed E-state index contributed by atoms with van der Waals surface area (Å²) in [5.74, 6) is 0.822. The highest BCUT2D eigenvalue weighted by atomic mass is 35.5. The van der Waals surface area contributed by atoms with Gasteiger partial charge >= 0.3 is 0 Å². The highest BCUT2D eigenvalue weighted by Crippen LogP contribution is 2.27. The van der Waals surface area contributed by atoms with E-state index in [-0.39, 0.29) is 0 Å². The first-order valence-electron chi connectivity index (χ1n) is 6.92. The predicted octanol–water partition coefficient (Wildman–Crippen LogP) is 3.98. The molecule has 0 fully saturated rings. The summed E-state index contributed by atoms with van der Waals surface area (Å²) in [6.45, 7) is 3.25. The van der Waals surface area contributed by atoms with E-state index in [1.807, 2.05) is 18.2 Å². The number of nitrogens with two attached hydrogens (primary N) is 1. The van der Waals surface area contributed by atoms with Gasteiger partial charge in [-0.05, 0) is 42.6 Å². The first-order chi connectivity index (χ1) is 9.74. The zero-order chi connectivity index (χ0) is 14.4. The lowest BCUT2D eigenvalue weighted by molar-refractivity contribution is 0.303. The number of hydrogen-bond acceptors (Lipinski definition) is 2. The van der Waals surface area contributed by atoms with E-state index in [1.165, 1.54) is 5.56 Å². The summed E-state index contributed by atoms with van der Waals surface area (Å²) >= 11 is 6.19. The van der Waals surface area contributed by atoms with Crippen molar-refractivity contribution in [3.05, 3.63) is 64.2 Å². The molecule has 0 aliphatic heterocycles. The van der Waals surface area contributed by atoms with Crippen LogP contribution in [0.2, 0.25) is 5.02 Å². The van der Waals surface area contributed by atoms with E-state index in [0.29, 0.717) is 18.2 Å². The van der Waals surface area contributed by atoms with Crippen molar-refractivity contribution in [2.24, 2.45) is 5.73 Å². The lowest BCUT2D eigenvalue weighted by Gasteiger charge is -2.12. The number of aryl methyl sites for hydroxylation is 1. The lowest BCUT2D eigenvalue weighted by Crippen LogP contribution is -2.06. The maximum Gasteiger partial charge on any atom is 0.124 e. The molecule has 20 heavy (non-hydrogen) atoms. The van der Waals surface area contributed by atoms with Gasteiger partial charge in [-0.2, -0.15) is 0 Å². The molecule has 2 aromatic rings. The van der Waals surface area contributed by atoms with E-state index in [9.17, 15) is 0 Å². The molecule has 0 aromatic heterocycles. The van der Waals surface area contributed by atoms with Crippen LogP contribution in [0.15, 0.2) is 42.5 Å². The molecule has 3 heteroatoms. The van der Waals surface area contributed by atoms with Crippen LogP contribution in [0.4, 0.5) is 0 Å². The Hall–Kier alpha value is -1.51. The summed E-state index contributed by atoms with van der Waals surface area (Å²) in [5.41, 5.74) is 9.10. The van der Waals surface area contributed by atoms with Crippen molar-refractivity contribution in [1.29, 1.82) is 0 Å². The molecule has 2 nitrogen and oxygen atoms in total. The second kappa shape index (κ2) is 7.32. The topological polar surface area (TPSA) is 35.2 Å². The molecule has 0 aliphatic carbocycles. The van der Waals surface area contributed by atoms with E-state index in [4.69, 9.17) is 22.1 Å². The average Bonchev–Trinajstić information content (AvgIpc) is 2.48. The Balaban J connectivity index is 2.08. The maximum absolute atomic E-state index is 6.19. The minimum atomic E-state index is 0.544. The number of hydrogen-bond donors (Lipinski definition) is 1. The highest BCUT2D eigenvalue weighted by molar-refractivity contribution is 6.31. The molecule has 2 aromatic carbocycles. The van der Waals surface area contributed by atoms with Crippen LogP contribution in [-0.4, -0.2) is 6.54 Å². The third kappa shape index (κ3) is 3.75. The number of benzene rings is 2. The van der Waals surface area contributed by atoms with Crippen LogP contribution in [0.3, 0.4) is 0 Å². The van der Waals surface area contributed by atoms with Crippen molar-refractivity contribution in [2.75, 3.05) is 6.54 Å². The molecule has 0 saturated carbocycles. The number of rotatable bonds is 6. The molecule has 0 aliphatic rings. The van der Waals surface area contributed by atoms with Crippen molar-refractivity contribution in [2.45, 2.75) is 26.4 Å². The molecule has 0 amide bonds. The molecular weight excluding hydrogens is 270 g/mol. The van der Waals surface area contributed by atoms with E-state index < -0.39 is 0 Å². The van der Waals surface area contributed by atoms with Gasteiger partial charge < -0.3 is 10.5 Å². The van der Waals surface area contributed by atoms with Gasteiger partial charge in [0.25, 0.3) is 0 Å². The smallest absolute Gasteiger partial charge is 0.124 e. The molecule has 2 N–H and O–H groups in total. The lowest BCUT2D eigenvalue weighted by atomic mass is 10.1. The Morgan fingerprint density at radius 1 is 1.05 bits per heavy atom. The van der Waals surface area contributed by atoms with Gasteiger partial charge in [-0.3, -0.25) is 0 Å². The Morgan fingerprint density at radius 2 is 1.75 bits per heavy atom. The van der Waals surface area contributed by atoms with Crippen LogP contribution in [0.1, 0.15) is 23.6 Å². The Kier molecular flexibility index (Phi) is 5.45. The predicted molar refractivity (Wildman–Crippen MR) is 84.4 cm³/mol. The fourth-order valence-corrected chi connectivity index (χ4v) is 2.35. The van der Waals surface area contributed by atoms with Crippen molar-refractivity contribution in [3.63, 3.8) is 0 Å². The highest BCUT2D eigenvalue weighted by Gasteiger charge is 2.07. The fraction of sp³-hybridized carbons (Fsp3) is 0.294. The Bertz CT molecular complexity index is 551. The van der Waals surface area contributed by atoms with Crippen molar-refractivity contribution in [1.82, 2.24) is 0 Å². The zero-order valence-electron chi connectivity index (χ0n) is 11.7. The minimum Gasteiger partial charge on any atom is -0.489 e. The van der Waals surface area contributed by atoms with Crippen LogP contribution >= 0.6 is 11.6 Å². The normalized spacial score (nSPS) is 10.6. The Labute approximate surface area is 125 Å². The van der Waals surface area contributed by atoms with Crippen LogP contribution in [0, 0.1) is 0 Å². The molecular formula is C17H20ClNO. The van der Waals surface area contributed by atoms with E-state index in [0.717, 1.165) is 29.7 Å². The van der Waals surface area contributed by atoms with Gasteiger partial charge in [-0.1, -0.05) is 48.9 Å². The quantitative estimate of drug-likeness (QED) is 0.873. The fourth-order valence-electron chi connectivity index (χ4n) is 2.09. The second-order valence-electron chi connectivity index (χ2n) is 4.71. The van der Waals surface area contributed by atoms with Gasteiger partial charge in [0, 0.05) is 10.6 Å². The van der Waals surface area contributed by atoms with Gasteiger partial charge in [0.1, 0.15) is 12.4 Å². The minimum absolute atomic E-state index is 0.544. The van der Waals surface area contributed by atoms with Gasteiger partial charge in [0.2, 0.25) is 0 Å². The average molecular weight is 290 g/mol. The maximum atomic E-state index is 6.19. The molecule has 0 heterocycles. The van der Waals surface area contributed by atoms with Crippen LogP contribution in [-0.2, 0) is 19.4 Å². The number of ether oxygens (including phenoxy) is 1. The van der Waals surface area contributed by atoms with Crippen molar-refractivity contribution in [3.8, 4) is 5.75 Å². The molecule has 106 valence electrons. The SMILES string of the molecule is CCc1ccc(COc2cccc(Cl)c2CCN)cc1. The molecule has 0 unspecified atom stereocenters. The zero-order valence-corrected chi connectivity index (χ0v) is 12.5. The summed E-state index contributed by atoms with van der Waals surface area (Å²) in [5, 5.41) is 0.717. The standard InChI is InChI=1S/C17H20ClNO/c1-2-13-6-8-14(9-7-13)12-20-17-5-3-4-16(18)15(17)10-11-19/h3-9H,2,10-12,19H2,1H3. The van der Waals surface area contributed by atoms with Gasteiger partial charge in [-0.25, -0.2) is 0 Å². The van der Waals surface area contributed by atoms with Gasteiger partial charge in [0.15, 0.2) is 0 Å². The molecule has 0 radical (unpaired) electrons. The van der Waals surface area contributed by atoms with E-state index in [2.05, 4.69) is 31.2 Å². The van der Waals surface area contributed by atoms with E-state index in [1.54, 1.807) is 0 Å².